The minimum atomic E-state index is -0.0214. The molecular formula is C25H27N3O. The monoisotopic (exact) mass is 385 g/mol. The average Bonchev–Trinajstić information content (AvgIpc) is 2.90. The van der Waals surface area contributed by atoms with Crippen LogP contribution in [-0.2, 0) is 17.8 Å². The van der Waals surface area contributed by atoms with Gasteiger partial charge in [-0.3, -0.25) is 14.7 Å². The Balaban J connectivity index is 1.47. The Morgan fingerprint density at radius 1 is 0.862 bits per heavy atom. The van der Waals surface area contributed by atoms with Gasteiger partial charge in [0, 0.05) is 45.6 Å². The van der Waals surface area contributed by atoms with Gasteiger partial charge in [-0.15, -0.1) is 0 Å². The average molecular weight is 386 g/mol. The van der Waals surface area contributed by atoms with Crippen LogP contribution >= 0.6 is 0 Å². The highest BCUT2D eigenvalue weighted by atomic mass is 16.2. The zero-order valence-corrected chi connectivity index (χ0v) is 16.9. The van der Waals surface area contributed by atoms with E-state index < -0.39 is 0 Å². The van der Waals surface area contributed by atoms with E-state index in [1.165, 1.54) is 22.3 Å². The van der Waals surface area contributed by atoms with Crippen molar-refractivity contribution >= 4 is 5.91 Å². The number of benzene rings is 2. The van der Waals surface area contributed by atoms with E-state index in [1.807, 2.05) is 42.5 Å². The van der Waals surface area contributed by atoms with Crippen LogP contribution in [0.1, 0.15) is 11.1 Å². The summed E-state index contributed by atoms with van der Waals surface area (Å²) in [5, 5.41) is 0. The second kappa shape index (κ2) is 9.01. The molecule has 1 aliphatic rings. The summed E-state index contributed by atoms with van der Waals surface area (Å²) in [7, 11) is 1.92. The maximum atomic E-state index is 12.9. The Labute approximate surface area is 172 Å². The zero-order chi connectivity index (χ0) is 20.1. The molecule has 2 heterocycles. The second-order valence-corrected chi connectivity index (χ2v) is 7.81. The quantitative estimate of drug-likeness (QED) is 0.669. The smallest absolute Gasteiger partial charge is 0.227 e. The molecule has 0 spiro atoms. The standard InChI is InChI=1S/C25H27N3O/c1-27-15-16-28(18-21-11-13-26-14-12-21)19-24(25(27)29)17-20-7-9-23(10-8-20)22-5-3-2-4-6-22/h2-14,24H,15-19H2,1H3. The van der Waals surface area contributed by atoms with Gasteiger partial charge in [0.05, 0.1) is 5.92 Å². The Morgan fingerprint density at radius 2 is 1.55 bits per heavy atom. The molecule has 0 radical (unpaired) electrons. The van der Waals surface area contributed by atoms with Crippen LogP contribution in [0.25, 0.3) is 11.1 Å². The van der Waals surface area contributed by atoms with Crippen LogP contribution in [0, 0.1) is 5.92 Å². The SMILES string of the molecule is CN1CCN(Cc2ccncc2)CC(Cc2ccc(-c3ccccc3)cc2)C1=O. The van der Waals surface area contributed by atoms with Crippen LogP contribution < -0.4 is 0 Å². The minimum Gasteiger partial charge on any atom is -0.344 e. The molecule has 1 unspecified atom stereocenters. The highest BCUT2D eigenvalue weighted by Gasteiger charge is 2.28. The first kappa shape index (κ1) is 19.3. The molecule has 2 aromatic carbocycles. The number of hydrogen-bond donors (Lipinski definition) is 0. The van der Waals surface area contributed by atoms with Crippen molar-refractivity contribution in [2.75, 3.05) is 26.7 Å². The predicted octanol–water partition coefficient (Wildman–Crippen LogP) is 3.88. The van der Waals surface area contributed by atoms with Crippen LogP contribution in [0.3, 0.4) is 0 Å². The number of amides is 1. The molecule has 29 heavy (non-hydrogen) atoms. The predicted molar refractivity (Wildman–Crippen MR) is 116 cm³/mol. The van der Waals surface area contributed by atoms with E-state index in [-0.39, 0.29) is 11.8 Å². The highest BCUT2D eigenvalue weighted by molar-refractivity contribution is 5.79. The van der Waals surface area contributed by atoms with Crippen LogP contribution in [0.5, 0.6) is 0 Å². The molecular weight excluding hydrogens is 358 g/mol. The van der Waals surface area contributed by atoms with Gasteiger partial charge < -0.3 is 4.90 Å². The fourth-order valence-corrected chi connectivity index (χ4v) is 3.98. The topological polar surface area (TPSA) is 36.4 Å². The van der Waals surface area contributed by atoms with Gasteiger partial charge in [0.25, 0.3) is 0 Å². The lowest BCUT2D eigenvalue weighted by Gasteiger charge is -2.23. The van der Waals surface area contributed by atoms with Crippen molar-refractivity contribution in [2.45, 2.75) is 13.0 Å². The molecule has 1 fully saturated rings. The van der Waals surface area contributed by atoms with Crippen LogP contribution in [0.2, 0.25) is 0 Å². The third-order valence-electron chi connectivity index (χ3n) is 5.65. The van der Waals surface area contributed by atoms with Gasteiger partial charge in [-0.25, -0.2) is 0 Å². The van der Waals surface area contributed by atoms with Crippen molar-refractivity contribution < 1.29 is 4.79 Å². The first-order valence-corrected chi connectivity index (χ1v) is 10.2. The largest absolute Gasteiger partial charge is 0.344 e. The van der Waals surface area contributed by atoms with E-state index in [4.69, 9.17) is 0 Å². The van der Waals surface area contributed by atoms with Gasteiger partial charge in [-0.1, -0.05) is 54.6 Å². The highest BCUT2D eigenvalue weighted by Crippen LogP contribution is 2.22. The van der Waals surface area contributed by atoms with Crippen LogP contribution in [0.4, 0.5) is 0 Å². The summed E-state index contributed by atoms with van der Waals surface area (Å²) in [4.78, 5) is 21.3. The van der Waals surface area contributed by atoms with Gasteiger partial charge in [0.15, 0.2) is 0 Å². The number of aromatic nitrogens is 1. The summed E-state index contributed by atoms with van der Waals surface area (Å²) >= 11 is 0. The molecule has 0 aliphatic carbocycles. The number of carbonyl (C=O) groups excluding carboxylic acids is 1. The number of likely N-dealkylation sites (N-methyl/N-ethyl adjacent to an activating group) is 1. The van der Waals surface area contributed by atoms with Gasteiger partial charge >= 0.3 is 0 Å². The Hall–Kier alpha value is -2.98. The summed E-state index contributed by atoms with van der Waals surface area (Å²) in [6.45, 7) is 3.31. The second-order valence-electron chi connectivity index (χ2n) is 7.81. The molecule has 1 atom stereocenters. The lowest BCUT2D eigenvalue weighted by Crippen LogP contribution is -2.34. The van der Waals surface area contributed by atoms with Crippen molar-refractivity contribution in [3.05, 3.63) is 90.3 Å². The lowest BCUT2D eigenvalue weighted by molar-refractivity contribution is -0.133. The maximum absolute atomic E-state index is 12.9. The number of hydrogen-bond acceptors (Lipinski definition) is 3. The molecule has 148 valence electrons. The van der Waals surface area contributed by atoms with E-state index in [1.54, 1.807) is 0 Å². The number of rotatable bonds is 5. The van der Waals surface area contributed by atoms with E-state index >= 15 is 0 Å². The van der Waals surface area contributed by atoms with Crippen molar-refractivity contribution in [1.82, 2.24) is 14.8 Å². The van der Waals surface area contributed by atoms with E-state index in [0.29, 0.717) is 0 Å². The van der Waals surface area contributed by atoms with Crippen LogP contribution in [0.15, 0.2) is 79.1 Å². The number of pyridine rings is 1. The van der Waals surface area contributed by atoms with Crippen molar-refractivity contribution in [3.63, 3.8) is 0 Å². The van der Waals surface area contributed by atoms with E-state index in [0.717, 1.165) is 32.6 Å². The molecule has 0 bridgehead atoms. The van der Waals surface area contributed by atoms with Gasteiger partial charge in [0.2, 0.25) is 5.91 Å². The van der Waals surface area contributed by atoms with Crippen molar-refractivity contribution in [3.8, 4) is 11.1 Å². The number of carbonyl (C=O) groups is 1. The van der Waals surface area contributed by atoms with E-state index in [2.05, 4.69) is 58.4 Å². The molecule has 4 rings (SSSR count). The zero-order valence-electron chi connectivity index (χ0n) is 16.9. The molecule has 4 heteroatoms. The lowest BCUT2D eigenvalue weighted by atomic mass is 9.95. The molecule has 1 aromatic heterocycles. The van der Waals surface area contributed by atoms with Gasteiger partial charge in [-0.05, 0) is 40.8 Å². The Morgan fingerprint density at radius 3 is 2.28 bits per heavy atom. The molecule has 1 aliphatic heterocycles. The normalized spacial score (nSPS) is 17.9. The maximum Gasteiger partial charge on any atom is 0.227 e. The summed E-state index contributed by atoms with van der Waals surface area (Å²) in [6, 6.07) is 23.1. The first-order chi connectivity index (χ1) is 14.2. The summed E-state index contributed by atoms with van der Waals surface area (Å²) in [5.74, 6) is 0.223. The first-order valence-electron chi connectivity index (χ1n) is 10.2. The molecule has 0 saturated carbocycles. The third kappa shape index (κ3) is 4.90. The van der Waals surface area contributed by atoms with Gasteiger partial charge in [0.1, 0.15) is 0 Å². The number of nitrogens with zero attached hydrogens (tertiary/aromatic N) is 3. The summed E-state index contributed by atoms with van der Waals surface area (Å²) in [6.07, 6.45) is 4.43. The molecule has 3 aromatic rings. The fourth-order valence-electron chi connectivity index (χ4n) is 3.98. The molecule has 0 N–H and O–H groups in total. The molecule has 4 nitrogen and oxygen atoms in total. The molecule has 1 amide bonds. The van der Waals surface area contributed by atoms with Crippen molar-refractivity contribution in [2.24, 2.45) is 5.92 Å². The van der Waals surface area contributed by atoms with Crippen LogP contribution in [-0.4, -0.2) is 47.4 Å². The minimum absolute atomic E-state index is 0.0214. The van der Waals surface area contributed by atoms with Crippen molar-refractivity contribution in [1.29, 1.82) is 0 Å². The van der Waals surface area contributed by atoms with Gasteiger partial charge in [-0.2, -0.15) is 0 Å². The third-order valence-corrected chi connectivity index (χ3v) is 5.65. The fraction of sp³-hybridized carbons (Fsp3) is 0.280. The Bertz CT molecular complexity index is 925. The summed E-state index contributed by atoms with van der Waals surface area (Å²) in [5.41, 5.74) is 4.87. The summed E-state index contributed by atoms with van der Waals surface area (Å²) < 4.78 is 0. The Kier molecular flexibility index (Phi) is 6.01. The van der Waals surface area contributed by atoms with E-state index in [9.17, 15) is 4.79 Å². The molecule has 1 saturated heterocycles.